The third-order valence-electron chi connectivity index (χ3n) is 2.80. The Morgan fingerprint density at radius 2 is 1.45 bits per heavy atom. The van der Waals surface area contributed by atoms with Gasteiger partial charge in [0.2, 0.25) is 0 Å². The number of thiol groups is 1. The fraction of sp³-hybridized carbons (Fsp3) is 0.938. The van der Waals surface area contributed by atoms with Gasteiger partial charge in [0.25, 0.3) is 0 Å². The average molecular weight is 409 g/mol. The van der Waals surface area contributed by atoms with Gasteiger partial charge in [-0.25, -0.2) is 0 Å². The molecule has 0 N–H and O–H groups in total. The molecule has 2 radical (unpaired) electrons. The van der Waals surface area contributed by atoms with Gasteiger partial charge in [0.1, 0.15) is 0 Å². The van der Waals surface area contributed by atoms with Gasteiger partial charge in [-0.05, 0) is 6.42 Å². The summed E-state index contributed by atoms with van der Waals surface area (Å²) in [4.78, 5) is 10.5. The Kier molecular flexibility index (Phi) is 25.1. The second-order valence-electron chi connectivity index (χ2n) is 4.90. The van der Waals surface area contributed by atoms with E-state index in [1.807, 2.05) is 0 Å². The summed E-state index contributed by atoms with van der Waals surface area (Å²) in [5.74, 6) is -0.0295. The molecule has 0 aromatic rings. The molecule has 0 aliphatic carbocycles. The molecule has 0 aromatic heterocycles. The van der Waals surface area contributed by atoms with Gasteiger partial charge in [0.05, 0.1) is 12.4 Å². The summed E-state index contributed by atoms with van der Waals surface area (Å²) in [5.41, 5.74) is 0. The van der Waals surface area contributed by atoms with Crippen LogP contribution < -0.4 is 0 Å². The van der Waals surface area contributed by atoms with Crippen molar-refractivity contribution in [3.05, 3.63) is 0 Å². The van der Waals surface area contributed by atoms with Crippen molar-refractivity contribution in [3.8, 4) is 0 Å². The van der Waals surface area contributed by atoms with E-state index in [4.69, 9.17) is 4.74 Å². The maximum atomic E-state index is 10.5. The first-order chi connectivity index (χ1) is 9.72. The molecule has 0 amide bonds. The van der Waals surface area contributed by atoms with Crippen LogP contribution >= 0.6 is 12.6 Å². The van der Waals surface area contributed by atoms with Crippen molar-refractivity contribution in [1.82, 2.24) is 0 Å². The van der Waals surface area contributed by atoms with Gasteiger partial charge >= 0.3 is 75.5 Å². The van der Waals surface area contributed by atoms with E-state index in [-0.39, 0.29) is 32.9 Å². The zero-order chi connectivity index (χ0) is 15.5. The van der Waals surface area contributed by atoms with Crippen LogP contribution in [0.4, 0.5) is 0 Å². The van der Waals surface area contributed by atoms with Crippen LogP contribution in [0.1, 0.15) is 72.1 Å². The van der Waals surface area contributed by atoms with Crippen molar-refractivity contribution in [2.75, 3.05) is 12.4 Å². The topological polar surface area (TPSA) is 26.3 Å². The van der Waals surface area contributed by atoms with Crippen molar-refractivity contribution in [3.63, 3.8) is 0 Å². The summed E-state index contributed by atoms with van der Waals surface area (Å²) in [6.07, 6.45) is 10.4. The normalized spacial score (nSPS) is 9.80. The van der Waals surface area contributed by atoms with E-state index in [0.717, 1.165) is 12.8 Å². The molecular formula is C16H34O2SSn. The van der Waals surface area contributed by atoms with E-state index < -0.39 is 0 Å². The van der Waals surface area contributed by atoms with Crippen molar-refractivity contribution in [2.24, 2.45) is 0 Å². The van der Waals surface area contributed by atoms with Crippen LogP contribution in [0.25, 0.3) is 0 Å². The summed E-state index contributed by atoms with van der Waals surface area (Å²) < 4.78 is 8.07. The zero-order valence-corrected chi connectivity index (χ0v) is 17.5. The summed E-state index contributed by atoms with van der Waals surface area (Å²) >= 11 is 3.93. The molecule has 0 saturated heterocycles. The van der Waals surface area contributed by atoms with E-state index in [2.05, 4.69) is 33.4 Å². The number of unbranched alkanes of at least 4 members (excludes halogenated alkanes) is 5. The molecule has 0 fully saturated rings. The van der Waals surface area contributed by atoms with Crippen LogP contribution in [0.3, 0.4) is 0 Å². The Labute approximate surface area is 142 Å². The van der Waals surface area contributed by atoms with Gasteiger partial charge in [-0.1, -0.05) is 26.2 Å². The predicted molar refractivity (Wildman–Crippen MR) is 94.1 cm³/mol. The Balaban J connectivity index is 0. The monoisotopic (exact) mass is 410 g/mol. The number of hydrogen-bond acceptors (Lipinski definition) is 3. The molecule has 0 bridgehead atoms. The van der Waals surface area contributed by atoms with Gasteiger partial charge in [-0.3, -0.25) is 4.79 Å². The van der Waals surface area contributed by atoms with Gasteiger partial charge in [0, 0.05) is 0 Å². The van der Waals surface area contributed by atoms with Gasteiger partial charge in [0.15, 0.2) is 0 Å². The van der Waals surface area contributed by atoms with Crippen LogP contribution in [0.15, 0.2) is 0 Å². The number of carbonyl (C=O) groups is 1. The van der Waals surface area contributed by atoms with Gasteiger partial charge < -0.3 is 4.74 Å². The van der Waals surface area contributed by atoms with E-state index in [1.165, 1.54) is 38.5 Å². The second kappa shape index (κ2) is 21.9. The molecule has 0 aromatic carbocycles. The molecule has 4 heteroatoms. The Bertz CT molecular complexity index is 183. The van der Waals surface area contributed by atoms with Crippen LogP contribution in [0, 0.1) is 0 Å². The molecule has 120 valence electrons. The van der Waals surface area contributed by atoms with Crippen molar-refractivity contribution < 1.29 is 9.53 Å². The Morgan fingerprint density at radius 3 is 1.90 bits per heavy atom. The van der Waals surface area contributed by atoms with Crippen LogP contribution in [0.2, 0.25) is 8.87 Å². The maximum absolute atomic E-state index is 10.5. The van der Waals surface area contributed by atoms with Crippen LogP contribution in [0.5, 0.6) is 0 Å². The fourth-order valence-electron chi connectivity index (χ4n) is 1.49. The number of hydrogen-bond donors (Lipinski definition) is 1. The second-order valence-corrected chi connectivity index (χ2v) is 9.49. The van der Waals surface area contributed by atoms with Crippen molar-refractivity contribution in [1.29, 1.82) is 0 Å². The number of carbonyl (C=O) groups excluding carboxylic acids is 1. The fourth-order valence-corrected chi connectivity index (χ4v) is 5.74. The quantitative estimate of drug-likeness (QED) is 0.208. The Morgan fingerprint density at radius 1 is 0.900 bits per heavy atom. The first-order valence-electron chi connectivity index (χ1n) is 8.20. The average Bonchev–Trinajstić information content (AvgIpc) is 2.47. The zero-order valence-electron chi connectivity index (χ0n) is 13.7. The van der Waals surface area contributed by atoms with Gasteiger partial charge in [-0.2, -0.15) is 12.6 Å². The Hall–Kier alpha value is 0.619. The third kappa shape index (κ3) is 23.7. The van der Waals surface area contributed by atoms with Crippen LogP contribution in [-0.4, -0.2) is 39.5 Å². The standard InChI is InChI=1S/C8H16O2S.2C4H9.Sn/c1-2-3-4-5-6-10-8(9)7-11;2*1-3-4-2;/h11H,2-7H2,1H3;2*1,3-4H2,2H3;. The molecule has 0 atom stereocenters. The van der Waals surface area contributed by atoms with Crippen LogP contribution in [-0.2, 0) is 9.53 Å². The summed E-state index contributed by atoms with van der Waals surface area (Å²) in [6.45, 7) is 7.29. The molecule has 20 heavy (non-hydrogen) atoms. The third-order valence-corrected chi connectivity index (χ3v) is 7.10. The van der Waals surface area contributed by atoms with Gasteiger partial charge in [-0.15, -0.1) is 0 Å². The number of rotatable bonds is 12. The molecular weight excluding hydrogens is 375 g/mol. The first-order valence-corrected chi connectivity index (χ1v) is 12.9. The molecule has 0 unspecified atom stereocenters. The van der Waals surface area contributed by atoms with E-state index in [9.17, 15) is 4.79 Å². The molecule has 0 aliphatic rings. The summed E-state index contributed by atoms with van der Waals surface area (Å²) in [7, 11) is 0. The SMILES string of the molecule is CCCCCCOC(=O)CS.CCC[CH2][Sn][CH2]CCC. The number of ether oxygens (including phenoxy) is 1. The molecule has 0 saturated carbocycles. The molecule has 2 nitrogen and oxygen atoms in total. The van der Waals surface area contributed by atoms with Crippen molar-refractivity contribution in [2.45, 2.75) is 81.0 Å². The number of esters is 1. The molecule has 0 rings (SSSR count). The molecule has 0 spiro atoms. The molecule has 0 heterocycles. The molecule has 0 aliphatic heterocycles. The minimum absolute atomic E-state index is 0.149. The summed E-state index contributed by atoms with van der Waals surface area (Å²) in [5, 5.41) is 0. The first kappa shape index (κ1) is 22.9. The van der Waals surface area contributed by atoms with E-state index in [1.54, 1.807) is 8.87 Å². The summed E-state index contributed by atoms with van der Waals surface area (Å²) in [6, 6.07) is 0. The predicted octanol–water partition coefficient (Wildman–Crippen LogP) is 5.17. The van der Waals surface area contributed by atoms with E-state index in [0.29, 0.717) is 6.61 Å². The van der Waals surface area contributed by atoms with Crippen molar-refractivity contribution >= 4 is 39.7 Å². The van der Waals surface area contributed by atoms with E-state index >= 15 is 0 Å². The minimum atomic E-state index is -0.218.